The van der Waals surface area contributed by atoms with E-state index < -0.39 is 0 Å². The van der Waals surface area contributed by atoms with Crippen molar-refractivity contribution in [1.29, 1.82) is 0 Å². The van der Waals surface area contributed by atoms with Crippen LogP contribution in [0, 0.1) is 5.92 Å². The number of anilines is 1. The van der Waals surface area contributed by atoms with E-state index in [4.69, 9.17) is 10.1 Å². The highest BCUT2D eigenvalue weighted by Gasteiger charge is 2.23. The third-order valence-corrected chi connectivity index (χ3v) is 6.65. The van der Waals surface area contributed by atoms with Crippen molar-refractivity contribution < 1.29 is 4.79 Å². The number of nitrogens with zero attached hydrogens (tertiary/aromatic N) is 3. The first-order chi connectivity index (χ1) is 16.5. The summed E-state index contributed by atoms with van der Waals surface area (Å²) >= 11 is 1.72. The lowest BCUT2D eigenvalue weighted by Gasteiger charge is -2.13. The van der Waals surface area contributed by atoms with Crippen molar-refractivity contribution in [3.05, 3.63) is 66.4 Å². The molecule has 2 aromatic heterocycles. The number of hydrogen-bond acceptors (Lipinski definition) is 5. The van der Waals surface area contributed by atoms with E-state index in [0.717, 1.165) is 53.2 Å². The third-order valence-electron chi connectivity index (χ3n) is 5.91. The summed E-state index contributed by atoms with van der Waals surface area (Å²) in [7, 11) is 0. The number of aromatic nitrogens is 3. The van der Waals surface area contributed by atoms with Crippen molar-refractivity contribution in [1.82, 2.24) is 19.9 Å². The lowest BCUT2D eigenvalue weighted by molar-refractivity contribution is 0.0951. The van der Waals surface area contributed by atoms with Crippen LogP contribution < -0.4 is 10.6 Å². The second kappa shape index (κ2) is 9.50. The molecule has 0 bridgehead atoms. The predicted octanol–water partition coefficient (Wildman–Crippen LogP) is 5.75. The molecule has 5 rings (SSSR count). The summed E-state index contributed by atoms with van der Waals surface area (Å²) in [5, 5.41) is 11.6. The standard InChI is InChI=1S/C27H29N5OS/c1-17(2)15-28-24-14-23(18-8-12-22(34-3)13-9-18)31-32-25(16-29-26(24)32)19-4-6-20(7-5-19)27(33)30-21-10-11-21/h4-9,12-14,16-17,21,28H,10-11,15H2,1-3H3,(H,30,33). The fourth-order valence-electron chi connectivity index (χ4n) is 3.80. The minimum absolute atomic E-state index is 0.0125. The molecule has 2 N–H and O–H groups in total. The predicted molar refractivity (Wildman–Crippen MR) is 139 cm³/mol. The Labute approximate surface area is 204 Å². The first kappa shape index (κ1) is 22.5. The quantitative estimate of drug-likeness (QED) is 0.320. The molecular weight excluding hydrogens is 442 g/mol. The van der Waals surface area contributed by atoms with Crippen LogP contribution in [0.1, 0.15) is 37.0 Å². The van der Waals surface area contributed by atoms with Gasteiger partial charge in [0.2, 0.25) is 0 Å². The Kier molecular flexibility index (Phi) is 6.28. The Bertz CT molecular complexity index is 1310. The Morgan fingerprint density at radius 2 is 1.79 bits per heavy atom. The fraction of sp³-hybridized carbons (Fsp3) is 0.296. The lowest BCUT2D eigenvalue weighted by atomic mass is 10.1. The van der Waals surface area contributed by atoms with Crippen molar-refractivity contribution >= 4 is 29.0 Å². The number of amides is 1. The van der Waals surface area contributed by atoms with E-state index in [0.29, 0.717) is 17.5 Å². The van der Waals surface area contributed by atoms with Crippen LogP contribution in [0.5, 0.6) is 0 Å². The van der Waals surface area contributed by atoms with E-state index in [1.54, 1.807) is 11.8 Å². The van der Waals surface area contributed by atoms with Gasteiger partial charge in [0, 0.05) is 34.2 Å². The Balaban J connectivity index is 1.54. The highest BCUT2D eigenvalue weighted by atomic mass is 32.2. The lowest BCUT2D eigenvalue weighted by Crippen LogP contribution is -2.25. The molecule has 1 saturated carbocycles. The largest absolute Gasteiger partial charge is 0.382 e. The molecule has 2 aromatic carbocycles. The minimum Gasteiger partial charge on any atom is -0.382 e. The van der Waals surface area contributed by atoms with Gasteiger partial charge >= 0.3 is 0 Å². The number of imidazole rings is 1. The molecule has 0 saturated heterocycles. The molecule has 1 aliphatic carbocycles. The van der Waals surface area contributed by atoms with E-state index in [1.165, 1.54) is 4.90 Å². The normalized spacial score (nSPS) is 13.4. The van der Waals surface area contributed by atoms with Gasteiger partial charge in [-0.2, -0.15) is 5.10 Å². The Morgan fingerprint density at radius 3 is 2.44 bits per heavy atom. The maximum absolute atomic E-state index is 12.4. The number of carbonyl (C=O) groups excluding carboxylic acids is 1. The van der Waals surface area contributed by atoms with Crippen LogP contribution in [0.15, 0.2) is 65.7 Å². The van der Waals surface area contributed by atoms with Crippen molar-refractivity contribution in [3.8, 4) is 22.5 Å². The van der Waals surface area contributed by atoms with Crippen molar-refractivity contribution in [2.45, 2.75) is 37.6 Å². The maximum atomic E-state index is 12.4. The van der Waals surface area contributed by atoms with Crippen LogP contribution in [-0.2, 0) is 0 Å². The van der Waals surface area contributed by atoms with Gasteiger partial charge in [-0.25, -0.2) is 9.50 Å². The summed E-state index contributed by atoms with van der Waals surface area (Å²) in [5.74, 6) is 0.489. The molecule has 0 aliphatic heterocycles. The molecule has 174 valence electrons. The molecule has 0 atom stereocenters. The van der Waals surface area contributed by atoms with Gasteiger partial charge in [-0.05, 0) is 55.3 Å². The number of thioether (sulfide) groups is 1. The third kappa shape index (κ3) is 4.80. The number of rotatable bonds is 8. The van der Waals surface area contributed by atoms with Crippen LogP contribution >= 0.6 is 11.8 Å². The number of hydrogen-bond donors (Lipinski definition) is 2. The van der Waals surface area contributed by atoms with Gasteiger partial charge in [0.15, 0.2) is 5.65 Å². The summed E-state index contributed by atoms with van der Waals surface area (Å²) < 4.78 is 1.90. The summed E-state index contributed by atoms with van der Waals surface area (Å²) in [6.45, 7) is 5.22. The van der Waals surface area contributed by atoms with Crippen LogP contribution in [0.4, 0.5) is 5.69 Å². The summed E-state index contributed by atoms with van der Waals surface area (Å²) in [6, 6.07) is 18.5. The molecule has 0 unspecified atom stereocenters. The van der Waals surface area contributed by atoms with Gasteiger partial charge in [-0.3, -0.25) is 4.79 Å². The second-order valence-corrected chi connectivity index (χ2v) is 10.0. The van der Waals surface area contributed by atoms with Crippen LogP contribution in [0.25, 0.3) is 28.2 Å². The van der Waals surface area contributed by atoms with Gasteiger partial charge in [0.1, 0.15) is 0 Å². The summed E-state index contributed by atoms with van der Waals surface area (Å²) in [5.41, 5.74) is 6.21. The summed E-state index contributed by atoms with van der Waals surface area (Å²) in [4.78, 5) is 18.3. The van der Waals surface area contributed by atoms with E-state index in [2.05, 4.69) is 61.1 Å². The van der Waals surface area contributed by atoms with Crippen LogP contribution in [0.2, 0.25) is 0 Å². The molecule has 2 heterocycles. The van der Waals surface area contributed by atoms with Gasteiger partial charge in [0.25, 0.3) is 5.91 Å². The first-order valence-electron chi connectivity index (χ1n) is 11.7. The monoisotopic (exact) mass is 471 g/mol. The Hall–Kier alpha value is -3.32. The highest BCUT2D eigenvalue weighted by molar-refractivity contribution is 7.98. The number of carbonyl (C=O) groups is 1. The van der Waals surface area contributed by atoms with Gasteiger partial charge in [0.05, 0.1) is 23.3 Å². The zero-order chi connectivity index (χ0) is 23.7. The number of fused-ring (bicyclic) bond motifs is 1. The van der Waals surface area contributed by atoms with Gasteiger partial charge in [-0.15, -0.1) is 11.8 Å². The highest BCUT2D eigenvalue weighted by Crippen LogP contribution is 2.29. The molecule has 4 aromatic rings. The van der Waals surface area contributed by atoms with Gasteiger partial charge in [-0.1, -0.05) is 38.1 Å². The van der Waals surface area contributed by atoms with Crippen molar-refractivity contribution in [2.75, 3.05) is 18.1 Å². The molecule has 0 spiro atoms. The topological polar surface area (TPSA) is 71.3 Å². The SMILES string of the molecule is CSc1ccc(-c2cc(NCC(C)C)c3ncc(-c4ccc(C(=O)NC5CC5)cc4)n3n2)cc1. The van der Waals surface area contributed by atoms with E-state index in [1.807, 2.05) is 35.0 Å². The molecule has 6 nitrogen and oxygen atoms in total. The first-order valence-corrected chi connectivity index (χ1v) is 12.9. The molecule has 7 heteroatoms. The number of benzene rings is 2. The molecule has 1 aliphatic rings. The molecule has 1 fully saturated rings. The van der Waals surface area contributed by atoms with E-state index in [9.17, 15) is 4.79 Å². The summed E-state index contributed by atoms with van der Waals surface area (Å²) in [6.07, 6.45) is 6.08. The maximum Gasteiger partial charge on any atom is 0.251 e. The Morgan fingerprint density at radius 1 is 1.09 bits per heavy atom. The smallest absolute Gasteiger partial charge is 0.251 e. The zero-order valence-corrected chi connectivity index (χ0v) is 20.5. The van der Waals surface area contributed by atoms with Crippen LogP contribution in [-0.4, -0.2) is 39.3 Å². The van der Waals surface area contributed by atoms with Crippen molar-refractivity contribution in [3.63, 3.8) is 0 Å². The average molecular weight is 472 g/mol. The zero-order valence-electron chi connectivity index (χ0n) is 19.7. The van der Waals surface area contributed by atoms with E-state index in [-0.39, 0.29) is 5.91 Å². The van der Waals surface area contributed by atoms with Gasteiger partial charge < -0.3 is 10.6 Å². The number of nitrogens with one attached hydrogen (secondary N) is 2. The average Bonchev–Trinajstić information content (AvgIpc) is 3.57. The molecule has 34 heavy (non-hydrogen) atoms. The van der Waals surface area contributed by atoms with E-state index >= 15 is 0 Å². The molecule has 1 amide bonds. The molecule has 0 radical (unpaired) electrons. The fourth-order valence-corrected chi connectivity index (χ4v) is 4.21. The van der Waals surface area contributed by atoms with Crippen LogP contribution in [0.3, 0.4) is 0 Å². The van der Waals surface area contributed by atoms with Crippen molar-refractivity contribution in [2.24, 2.45) is 5.92 Å². The second-order valence-electron chi connectivity index (χ2n) is 9.15. The molecular formula is C27H29N5OS. The minimum atomic E-state index is -0.0125.